The topological polar surface area (TPSA) is 71.6 Å². The van der Waals surface area contributed by atoms with Crippen LogP contribution in [-0.4, -0.2) is 45.4 Å². The predicted molar refractivity (Wildman–Crippen MR) is 155 cm³/mol. The van der Waals surface area contributed by atoms with Gasteiger partial charge in [-0.25, -0.2) is 0 Å². The average Bonchev–Trinajstić information content (AvgIpc) is 3.44. The maximum absolute atomic E-state index is 11.2. The summed E-state index contributed by atoms with van der Waals surface area (Å²) >= 11 is 0. The van der Waals surface area contributed by atoms with Crippen molar-refractivity contribution in [2.45, 2.75) is 88.8 Å². The Kier molecular flexibility index (Phi) is 7.96. The molecule has 2 fully saturated rings. The average molecular weight is 540 g/mol. The van der Waals surface area contributed by atoms with Gasteiger partial charge in [-0.3, -0.25) is 0 Å². The van der Waals surface area contributed by atoms with E-state index in [1.54, 1.807) is 0 Å². The molecule has 40 heavy (non-hydrogen) atoms. The van der Waals surface area contributed by atoms with Crippen molar-refractivity contribution in [1.29, 1.82) is 0 Å². The third-order valence-electron chi connectivity index (χ3n) is 9.41. The van der Waals surface area contributed by atoms with Crippen LogP contribution in [0.1, 0.15) is 80.3 Å². The van der Waals surface area contributed by atoms with Gasteiger partial charge in [0.15, 0.2) is 6.61 Å². The molecule has 3 aliphatic rings. The number of nitrogens with zero attached hydrogens (tertiary/aromatic N) is 3. The minimum atomic E-state index is -0.878. The molecule has 6 nitrogen and oxygen atoms in total. The monoisotopic (exact) mass is 539 g/mol. The highest BCUT2D eigenvalue weighted by Gasteiger charge is 2.51. The Hall–Kier alpha value is -3.14. The number of fused-ring (bicyclic) bond motifs is 3. The maximum Gasteiger partial charge on any atom is 0.228 e. The molecule has 2 aliphatic carbocycles. The van der Waals surface area contributed by atoms with Gasteiger partial charge in [-0.1, -0.05) is 53.9 Å². The van der Waals surface area contributed by atoms with Gasteiger partial charge in [-0.05, 0) is 106 Å². The van der Waals surface area contributed by atoms with E-state index in [-0.39, 0.29) is 5.41 Å². The number of piperidine rings is 1. The highest BCUT2D eigenvalue weighted by Crippen LogP contribution is 2.54. The lowest BCUT2D eigenvalue weighted by molar-refractivity contribution is -0.00805. The van der Waals surface area contributed by atoms with Gasteiger partial charge in [-0.15, -0.1) is 5.92 Å². The molecule has 1 aliphatic heterocycles. The molecule has 1 aromatic heterocycles. The smallest absolute Gasteiger partial charge is 0.228 e. The van der Waals surface area contributed by atoms with Gasteiger partial charge in [0.1, 0.15) is 11.4 Å². The van der Waals surface area contributed by atoms with Gasteiger partial charge < -0.3 is 19.3 Å². The molecule has 6 rings (SSSR count). The normalized spacial score (nSPS) is 26.3. The summed E-state index contributed by atoms with van der Waals surface area (Å²) < 4.78 is 11.7. The summed E-state index contributed by atoms with van der Waals surface area (Å²) in [6.07, 6.45) is 10.1. The second-order valence-electron chi connectivity index (χ2n) is 12.0. The second-order valence-corrected chi connectivity index (χ2v) is 12.0. The van der Waals surface area contributed by atoms with E-state index in [0.29, 0.717) is 30.7 Å². The van der Waals surface area contributed by atoms with Crippen molar-refractivity contribution < 1.29 is 14.4 Å². The first kappa shape index (κ1) is 27.1. The van der Waals surface area contributed by atoms with E-state index in [1.165, 1.54) is 49.0 Å². The minimum absolute atomic E-state index is 0.00789. The molecular formula is C34H41N3O3. The van der Waals surface area contributed by atoms with Crippen LogP contribution in [0, 0.1) is 17.8 Å². The van der Waals surface area contributed by atoms with E-state index in [9.17, 15) is 5.11 Å². The zero-order valence-electron chi connectivity index (χ0n) is 23.7. The third-order valence-corrected chi connectivity index (χ3v) is 9.41. The van der Waals surface area contributed by atoms with Crippen molar-refractivity contribution in [3.8, 4) is 17.6 Å². The first-order chi connectivity index (χ1) is 19.6. The zero-order valence-corrected chi connectivity index (χ0v) is 23.7. The Morgan fingerprint density at radius 3 is 2.77 bits per heavy atom. The molecule has 0 unspecified atom stereocenters. The van der Waals surface area contributed by atoms with E-state index in [1.807, 2.05) is 6.92 Å². The zero-order chi connectivity index (χ0) is 27.4. The summed E-state index contributed by atoms with van der Waals surface area (Å²) in [6, 6.07) is 17.4. The van der Waals surface area contributed by atoms with Crippen molar-refractivity contribution in [1.82, 2.24) is 15.0 Å². The van der Waals surface area contributed by atoms with Gasteiger partial charge >= 0.3 is 0 Å². The summed E-state index contributed by atoms with van der Waals surface area (Å²) in [7, 11) is 0. The Labute approximate surface area is 238 Å². The minimum Gasteiger partial charge on any atom is -0.485 e. The molecule has 2 heterocycles. The predicted octanol–water partition coefficient (Wildman–Crippen LogP) is 5.66. The Morgan fingerprint density at radius 2 is 1.95 bits per heavy atom. The van der Waals surface area contributed by atoms with E-state index in [0.717, 1.165) is 50.8 Å². The number of hydrogen-bond acceptors (Lipinski definition) is 6. The summed E-state index contributed by atoms with van der Waals surface area (Å²) in [4.78, 5) is 7.06. The number of ether oxygens (including phenoxy) is 1. The van der Waals surface area contributed by atoms with E-state index in [2.05, 4.69) is 75.4 Å². The number of aliphatic hydroxyl groups is 1. The molecule has 210 valence electrons. The van der Waals surface area contributed by atoms with Crippen LogP contribution in [-0.2, 0) is 31.3 Å². The van der Waals surface area contributed by atoms with Crippen molar-refractivity contribution >= 4 is 0 Å². The Balaban J connectivity index is 1.16. The Morgan fingerprint density at radius 1 is 1.10 bits per heavy atom. The van der Waals surface area contributed by atoms with Crippen molar-refractivity contribution in [3.63, 3.8) is 0 Å². The van der Waals surface area contributed by atoms with Crippen LogP contribution < -0.4 is 4.74 Å². The molecule has 0 radical (unpaired) electrons. The van der Waals surface area contributed by atoms with Crippen LogP contribution in [0.3, 0.4) is 0 Å². The van der Waals surface area contributed by atoms with Gasteiger partial charge in [0.2, 0.25) is 11.7 Å². The molecule has 6 heteroatoms. The molecule has 1 N–H and O–H groups in total. The van der Waals surface area contributed by atoms with Crippen molar-refractivity contribution in [2.75, 3.05) is 19.6 Å². The van der Waals surface area contributed by atoms with Gasteiger partial charge in [-0.2, -0.15) is 4.98 Å². The van der Waals surface area contributed by atoms with Crippen LogP contribution in [0.4, 0.5) is 0 Å². The van der Waals surface area contributed by atoms with Crippen LogP contribution in [0.5, 0.6) is 5.75 Å². The standard InChI is InChI=1S/C34H41N3O3/c1-2-16-33(38)17-18-34(23-26-9-5-3-6-10-26)28(24-33)12-11-27-22-29(13-14-30(27)34)39-25-31-35-32(40-36-31)15-21-37-19-7-4-8-20-37/h3,5-6,9-10,13-14,22,28,38H,4,7-8,11-12,15,17-21,23-25H2,1H3/t28-,33-,34+/m1/s1. The number of rotatable bonds is 8. The van der Waals surface area contributed by atoms with Gasteiger partial charge in [0, 0.05) is 18.4 Å². The number of aryl methyl sites for hydroxylation is 1. The highest BCUT2D eigenvalue weighted by atomic mass is 16.5. The lowest BCUT2D eigenvalue weighted by Crippen LogP contribution is -2.50. The molecule has 1 saturated carbocycles. The summed E-state index contributed by atoms with van der Waals surface area (Å²) in [5, 5.41) is 15.4. The maximum atomic E-state index is 11.2. The van der Waals surface area contributed by atoms with Crippen LogP contribution in [0.15, 0.2) is 53.1 Å². The third kappa shape index (κ3) is 5.82. The van der Waals surface area contributed by atoms with Gasteiger partial charge in [0.05, 0.1) is 0 Å². The fourth-order valence-electron chi connectivity index (χ4n) is 7.42. The SMILES string of the molecule is CC#C[C@@]1(O)CC[C@@]2(Cc3ccccc3)c3ccc(OCc4noc(CCN5CCCCC5)n4)cc3CC[C@@H]2C1. The van der Waals surface area contributed by atoms with E-state index < -0.39 is 5.60 Å². The molecule has 0 bridgehead atoms. The molecule has 2 aromatic carbocycles. The van der Waals surface area contributed by atoms with Crippen molar-refractivity contribution in [3.05, 3.63) is 76.9 Å². The van der Waals surface area contributed by atoms with Crippen LogP contribution in [0.2, 0.25) is 0 Å². The van der Waals surface area contributed by atoms with Crippen LogP contribution >= 0.6 is 0 Å². The van der Waals surface area contributed by atoms with Gasteiger partial charge in [0.25, 0.3) is 0 Å². The molecule has 0 spiro atoms. The number of likely N-dealkylation sites (tertiary alicyclic amines) is 1. The van der Waals surface area contributed by atoms with E-state index in [4.69, 9.17) is 9.26 Å². The second kappa shape index (κ2) is 11.8. The molecule has 0 amide bonds. The first-order valence-electron chi connectivity index (χ1n) is 15.1. The number of hydrogen-bond donors (Lipinski definition) is 1. The summed E-state index contributed by atoms with van der Waals surface area (Å²) in [6.45, 7) is 5.44. The highest BCUT2D eigenvalue weighted by molar-refractivity contribution is 5.45. The number of aromatic nitrogens is 2. The van der Waals surface area contributed by atoms with Crippen LogP contribution in [0.25, 0.3) is 0 Å². The molecular weight excluding hydrogens is 498 g/mol. The molecule has 3 aromatic rings. The van der Waals surface area contributed by atoms with E-state index >= 15 is 0 Å². The largest absolute Gasteiger partial charge is 0.485 e. The lowest BCUT2D eigenvalue weighted by atomic mass is 9.52. The molecule has 1 saturated heterocycles. The summed E-state index contributed by atoms with van der Waals surface area (Å²) in [5.74, 6) is 8.62. The lowest BCUT2D eigenvalue weighted by Gasteiger charge is -2.52. The van der Waals surface area contributed by atoms with Crippen molar-refractivity contribution in [2.24, 2.45) is 5.92 Å². The first-order valence-corrected chi connectivity index (χ1v) is 15.1. The Bertz CT molecular complexity index is 1350. The quantitative estimate of drug-likeness (QED) is 0.373. The fraction of sp³-hybridized carbons (Fsp3) is 0.529. The molecule has 3 atom stereocenters. The number of benzene rings is 2. The summed E-state index contributed by atoms with van der Waals surface area (Å²) in [5.41, 5.74) is 3.22. The fourth-order valence-corrected chi connectivity index (χ4v) is 7.42.